The van der Waals surface area contributed by atoms with Crippen LogP contribution >= 0.6 is 11.8 Å². The van der Waals surface area contributed by atoms with Crippen LogP contribution in [0, 0.1) is 11.3 Å². The first kappa shape index (κ1) is 16.0. The van der Waals surface area contributed by atoms with Crippen molar-refractivity contribution in [2.75, 3.05) is 23.0 Å². The molecule has 0 bridgehead atoms. The van der Waals surface area contributed by atoms with Crippen molar-refractivity contribution in [1.29, 1.82) is 5.26 Å². The minimum absolute atomic E-state index is 0.0472. The van der Waals surface area contributed by atoms with Crippen LogP contribution in [-0.2, 0) is 9.59 Å². The van der Waals surface area contributed by atoms with Crippen LogP contribution < -0.4 is 10.6 Å². The van der Waals surface area contributed by atoms with Gasteiger partial charge in [0.15, 0.2) is 0 Å². The average molecular weight is 293 g/mol. The van der Waals surface area contributed by atoms with E-state index in [0.29, 0.717) is 5.69 Å². The number of nitrogens with two attached hydrogens (primary N) is 1. The third kappa shape index (κ3) is 4.91. The fraction of sp³-hybridized carbons (Fsp3) is 0.308. The summed E-state index contributed by atoms with van der Waals surface area (Å²) in [5, 5.41) is 17.4. The van der Waals surface area contributed by atoms with Crippen molar-refractivity contribution in [2.24, 2.45) is 5.73 Å². The molecule has 0 fully saturated rings. The van der Waals surface area contributed by atoms with Gasteiger partial charge in [-0.05, 0) is 12.1 Å². The van der Waals surface area contributed by atoms with Crippen molar-refractivity contribution in [2.45, 2.75) is 6.04 Å². The van der Waals surface area contributed by atoms with Gasteiger partial charge >= 0.3 is 5.97 Å². The second-order valence-corrected chi connectivity index (χ2v) is 4.96. The highest BCUT2D eigenvalue weighted by molar-refractivity contribution is 8.00. The molecule has 0 spiro atoms. The van der Waals surface area contributed by atoms with E-state index in [-0.39, 0.29) is 24.0 Å². The number of carbonyl (C=O) groups excluding carboxylic acids is 1. The van der Waals surface area contributed by atoms with Crippen LogP contribution in [0.25, 0.3) is 0 Å². The zero-order valence-corrected chi connectivity index (χ0v) is 11.5. The Balaban J connectivity index is 2.58. The number of rotatable bonds is 7. The SMILES string of the molecule is N#CCN(C(=O)CSC[C@@H](N)C(=O)O)c1ccccc1. The quantitative estimate of drug-likeness (QED) is 0.716. The van der Waals surface area contributed by atoms with Crippen molar-refractivity contribution < 1.29 is 14.7 Å². The molecular weight excluding hydrogens is 278 g/mol. The second-order valence-electron chi connectivity index (χ2n) is 3.93. The number of para-hydroxylation sites is 1. The topological polar surface area (TPSA) is 107 Å². The molecule has 1 aromatic carbocycles. The van der Waals surface area contributed by atoms with Gasteiger partial charge in [-0.15, -0.1) is 11.8 Å². The number of carboxylic acid groups (broad SMARTS) is 1. The average Bonchev–Trinajstić information content (AvgIpc) is 2.45. The number of hydrogen-bond donors (Lipinski definition) is 2. The van der Waals surface area contributed by atoms with Gasteiger partial charge in [0.1, 0.15) is 12.6 Å². The molecule has 0 aliphatic heterocycles. The zero-order chi connectivity index (χ0) is 15.0. The summed E-state index contributed by atoms with van der Waals surface area (Å²) < 4.78 is 0. The minimum Gasteiger partial charge on any atom is -0.480 e. The molecule has 0 radical (unpaired) electrons. The van der Waals surface area contributed by atoms with E-state index in [2.05, 4.69) is 0 Å². The van der Waals surface area contributed by atoms with Crippen LogP contribution in [0.15, 0.2) is 30.3 Å². The van der Waals surface area contributed by atoms with Gasteiger partial charge in [-0.3, -0.25) is 14.5 Å². The Morgan fingerprint density at radius 3 is 2.60 bits per heavy atom. The summed E-state index contributed by atoms with van der Waals surface area (Å²) >= 11 is 1.14. The Morgan fingerprint density at radius 2 is 2.05 bits per heavy atom. The lowest BCUT2D eigenvalue weighted by Gasteiger charge is -2.19. The van der Waals surface area contributed by atoms with Gasteiger partial charge in [0.2, 0.25) is 5.91 Å². The molecule has 0 saturated heterocycles. The Labute approximate surface area is 121 Å². The number of aliphatic carboxylic acids is 1. The summed E-state index contributed by atoms with van der Waals surface area (Å²) in [5.41, 5.74) is 5.99. The summed E-state index contributed by atoms with van der Waals surface area (Å²) in [6.07, 6.45) is 0. The lowest BCUT2D eigenvalue weighted by molar-refractivity contribution is -0.137. The number of nitriles is 1. The summed E-state index contributed by atoms with van der Waals surface area (Å²) in [6.45, 7) is -0.0472. The van der Waals surface area contributed by atoms with Crippen LogP contribution in [-0.4, -0.2) is 41.1 Å². The van der Waals surface area contributed by atoms with Crippen molar-refractivity contribution in [1.82, 2.24) is 0 Å². The maximum Gasteiger partial charge on any atom is 0.321 e. The van der Waals surface area contributed by atoms with Crippen LogP contribution in [0.5, 0.6) is 0 Å². The molecule has 1 amide bonds. The first-order chi connectivity index (χ1) is 9.56. The third-order valence-corrected chi connectivity index (χ3v) is 3.48. The normalized spacial score (nSPS) is 11.4. The van der Waals surface area contributed by atoms with E-state index in [9.17, 15) is 9.59 Å². The molecule has 1 aromatic rings. The number of carboxylic acids is 1. The third-order valence-electron chi connectivity index (χ3n) is 2.44. The van der Waals surface area contributed by atoms with Gasteiger partial charge in [-0.1, -0.05) is 18.2 Å². The molecule has 0 aliphatic rings. The maximum absolute atomic E-state index is 12.1. The molecule has 3 N–H and O–H groups in total. The summed E-state index contributed by atoms with van der Waals surface area (Å²) in [7, 11) is 0. The van der Waals surface area contributed by atoms with Gasteiger partial charge in [-0.25, -0.2) is 0 Å². The number of benzene rings is 1. The molecule has 106 valence electrons. The standard InChI is InChI=1S/C13H15N3O3S/c14-6-7-16(10-4-2-1-3-5-10)12(17)9-20-8-11(15)13(18)19/h1-5,11H,7-9,15H2,(H,18,19)/t11-/m1/s1. The fourth-order valence-corrected chi connectivity index (χ4v) is 2.27. The number of carbonyl (C=O) groups is 2. The molecule has 0 unspecified atom stereocenters. The smallest absolute Gasteiger partial charge is 0.321 e. The van der Waals surface area contributed by atoms with E-state index in [1.165, 1.54) is 4.90 Å². The van der Waals surface area contributed by atoms with Gasteiger partial charge in [-0.2, -0.15) is 5.26 Å². The van der Waals surface area contributed by atoms with E-state index in [4.69, 9.17) is 16.1 Å². The first-order valence-electron chi connectivity index (χ1n) is 5.84. The molecular formula is C13H15N3O3S. The highest BCUT2D eigenvalue weighted by atomic mass is 32.2. The predicted octanol–water partition coefficient (Wildman–Crippen LogP) is 0.688. The van der Waals surface area contributed by atoms with Gasteiger partial charge in [0.25, 0.3) is 0 Å². The molecule has 0 aromatic heterocycles. The van der Waals surface area contributed by atoms with Crippen molar-refractivity contribution >= 4 is 29.3 Å². The van der Waals surface area contributed by atoms with E-state index in [1.807, 2.05) is 12.1 Å². The van der Waals surface area contributed by atoms with E-state index in [0.717, 1.165) is 11.8 Å². The second kappa shape index (κ2) is 8.19. The van der Waals surface area contributed by atoms with E-state index < -0.39 is 12.0 Å². The minimum atomic E-state index is -1.10. The molecule has 0 saturated carbocycles. The van der Waals surface area contributed by atoms with Crippen LogP contribution in [0.2, 0.25) is 0 Å². The zero-order valence-electron chi connectivity index (χ0n) is 10.7. The number of thioether (sulfide) groups is 1. The summed E-state index contributed by atoms with van der Waals surface area (Å²) in [6, 6.07) is 9.80. The largest absolute Gasteiger partial charge is 0.480 e. The Bertz CT molecular complexity index is 501. The van der Waals surface area contributed by atoms with Crippen molar-refractivity contribution in [3.63, 3.8) is 0 Å². The first-order valence-corrected chi connectivity index (χ1v) is 7.00. The van der Waals surface area contributed by atoms with Crippen LogP contribution in [0.1, 0.15) is 0 Å². The summed E-state index contributed by atoms with van der Waals surface area (Å²) in [5.74, 6) is -1.12. The number of nitrogens with zero attached hydrogens (tertiary/aromatic N) is 2. The van der Waals surface area contributed by atoms with E-state index >= 15 is 0 Å². The van der Waals surface area contributed by atoms with Crippen molar-refractivity contribution in [3.05, 3.63) is 30.3 Å². The molecule has 0 aliphatic carbocycles. The van der Waals surface area contributed by atoms with Gasteiger partial charge in [0.05, 0.1) is 11.8 Å². The van der Waals surface area contributed by atoms with E-state index in [1.54, 1.807) is 24.3 Å². The maximum atomic E-state index is 12.1. The Morgan fingerprint density at radius 1 is 1.40 bits per heavy atom. The predicted molar refractivity (Wildman–Crippen MR) is 77.3 cm³/mol. The molecule has 6 nitrogen and oxygen atoms in total. The highest BCUT2D eigenvalue weighted by Gasteiger charge is 2.17. The fourth-order valence-electron chi connectivity index (χ4n) is 1.42. The van der Waals surface area contributed by atoms with Gasteiger partial charge in [0, 0.05) is 11.4 Å². The number of anilines is 1. The van der Waals surface area contributed by atoms with Crippen molar-refractivity contribution in [3.8, 4) is 6.07 Å². The Hall–Kier alpha value is -2.04. The Kier molecular flexibility index (Phi) is 6.56. The molecule has 7 heteroatoms. The molecule has 20 heavy (non-hydrogen) atoms. The molecule has 1 atom stereocenters. The summed E-state index contributed by atoms with van der Waals surface area (Å²) in [4.78, 5) is 24.0. The number of hydrogen-bond acceptors (Lipinski definition) is 5. The monoisotopic (exact) mass is 293 g/mol. The molecule has 1 rings (SSSR count). The highest BCUT2D eigenvalue weighted by Crippen LogP contribution is 2.15. The van der Waals surface area contributed by atoms with Crippen LogP contribution in [0.3, 0.4) is 0 Å². The molecule has 0 heterocycles. The lowest BCUT2D eigenvalue weighted by Crippen LogP contribution is -2.35. The van der Waals surface area contributed by atoms with Crippen LogP contribution in [0.4, 0.5) is 5.69 Å². The number of amides is 1. The lowest BCUT2D eigenvalue weighted by atomic mass is 10.3. The van der Waals surface area contributed by atoms with Gasteiger partial charge < -0.3 is 10.8 Å².